The predicted octanol–water partition coefficient (Wildman–Crippen LogP) is 4.12. The second-order valence-corrected chi connectivity index (χ2v) is 5.94. The van der Waals surface area contributed by atoms with E-state index in [2.05, 4.69) is 20.6 Å². The standard InChI is InChI=1S/C20H17FN4O2/c1-12-11-18(19(27)23-16-9-5-15(21)6-10-16)25-20(22-12)24-17-7-3-14(4-8-17)13(2)26/h3-11H,1-2H3,(H,23,27)(H,22,24,25). The molecule has 3 rings (SSSR count). The van der Waals surface area contributed by atoms with E-state index in [1.54, 1.807) is 37.3 Å². The van der Waals surface area contributed by atoms with E-state index in [9.17, 15) is 14.0 Å². The zero-order valence-corrected chi connectivity index (χ0v) is 14.8. The number of nitrogens with one attached hydrogen (secondary N) is 2. The van der Waals surface area contributed by atoms with Gasteiger partial charge in [-0.05, 0) is 68.4 Å². The maximum atomic E-state index is 13.0. The molecule has 0 bridgehead atoms. The van der Waals surface area contributed by atoms with Crippen LogP contribution in [0, 0.1) is 12.7 Å². The molecule has 136 valence electrons. The van der Waals surface area contributed by atoms with Gasteiger partial charge in [0.15, 0.2) is 5.78 Å². The number of benzene rings is 2. The zero-order chi connectivity index (χ0) is 19.4. The van der Waals surface area contributed by atoms with Crippen LogP contribution in [0.5, 0.6) is 0 Å². The normalized spacial score (nSPS) is 10.3. The number of anilines is 3. The Balaban J connectivity index is 1.78. The fourth-order valence-electron chi connectivity index (χ4n) is 2.39. The first kappa shape index (κ1) is 18.2. The lowest BCUT2D eigenvalue weighted by molar-refractivity contribution is 0.101. The number of aromatic nitrogens is 2. The Morgan fingerprint density at radius 2 is 1.56 bits per heavy atom. The molecule has 0 unspecified atom stereocenters. The first-order chi connectivity index (χ1) is 12.9. The van der Waals surface area contributed by atoms with Crippen LogP contribution >= 0.6 is 0 Å². The summed E-state index contributed by atoms with van der Waals surface area (Å²) in [5.41, 5.74) is 2.54. The first-order valence-electron chi connectivity index (χ1n) is 8.21. The Morgan fingerprint density at radius 1 is 0.926 bits per heavy atom. The molecule has 0 atom stereocenters. The summed E-state index contributed by atoms with van der Waals surface area (Å²) in [5, 5.41) is 5.68. The van der Waals surface area contributed by atoms with Crippen molar-refractivity contribution < 1.29 is 14.0 Å². The topological polar surface area (TPSA) is 84.0 Å². The van der Waals surface area contributed by atoms with E-state index in [4.69, 9.17) is 0 Å². The predicted molar refractivity (Wildman–Crippen MR) is 101 cm³/mol. The van der Waals surface area contributed by atoms with Crippen LogP contribution in [-0.2, 0) is 0 Å². The van der Waals surface area contributed by atoms with Gasteiger partial charge in [-0.3, -0.25) is 9.59 Å². The van der Waals surface area contributed by atoms with E-state index < -0.39 is 5.91 Å². The molecule has 6 nitrogen and oxygen atoms in total. The van der Waals surface area contributed by atoms with Crippen LogP contribution in [-0.4, -0.2) is 21.7 Å². The van der Waals surface area contributed by atoms with Crippen molar-refractivity contribution >= 4 is 29.0 Å². The minimum atomic E-state index is -0.429. The van der Waals surface area contributed by atoms with Gasteiger partial charge in [-0.2, -0.15) is 0 Å². The summed E-state index contributed by atoms with van der Waals surface area (Å²) >= 11 is 0. The van der Waals surface area contributed by atoms with Gasteiger partial charge in [0.2, 0.25) is 5.95 Å². The summed E-state index contributed by atoms with van der Waals surface area (Å²) in [6, 6.07) is 13.9. The molecule has 1 amide bonds. The highest BCUT2D eigenvalue weighted by molar-refractivity contribution is 6.03. The summed E-state index contributed by atoms with van der Waals surface area (Å²) in [4.78, 5) is 32.2. The van der Waals surface area contributed by atoms with Crippen molar-refractivity contribution in [1.82, 2.24) is 9.97 Å². The largest absolute Gasteiger partial charge is 0.324 e. The Labute approximate surface area is 155 Å². The van der Waals surface area contributed by atoms with E-state index in [-0.39, 0.29) is 23.2 Å². The number of Topliss-reactive ketones (excluding diaryl/α,β-unsaturated/α-hetero) is 1. The van der Waals surface area contributed by atoms with Crippen molar-refractivity contribution in [3.05, 3.63) is 77.4 Å². The van der Waals surface area contributed by atoms with Crippen LogP contribution in [0.1, 0.15) is 33.5 Å². The van der Waals surface area contributed by atoms with E-state index in [0.29, 0.717) is 22.6 Å². The van der Waals surface area contributed by atoms with Gasteiger partial charge in [-0.25, -0.2) is 14.4 Å². The molecule has 2 N–H and O–H groups in total. The average molecular weight is 364 g/mol. The second kappa shape index (κ2) is 7.74. The second-order valence-electron chi connectivity index (χ2n) is 5.94. The third-order valence-corrected chi connectivity index (χ3v) is 3.74. The maximum absolute atomic E-state index is 13.0. The Kier molecular flexibility index (Phi) is 5.21. The molecular weight excluding hydrogens is 347 g/mol. The molecule has 0 aliphatic rings. The van der Waals surface area contributed by atoms with Gasteiger partial charge >= 0.3 is 0 Å². The molecular formula is C20H17FN4O2. The van der Waals surface area contributed by atoms with Crippen molar-refractivity contribution in [2.45, 2.75) is 13.8 Å². The molecule has 0 saturated carbocycles. The number of hydrogen-bond donors (Lipinski definition) is 2. The maximum Gasteiger partial charge on any atom is 0.274 e. The average Bonchev–Trinajstić information content (AvgIpc) is 2.63. The lowest BCUT2D eigenvalue weighted by atomic mass is 10.1. The van der Waals surface area contributed by atoms with Crippen molar-refractivity contribution in [1.29, 1.82) is 0 Å². The summed E-state index contributed by atoms with van der Waals surface area (Å²) in [6.45, 7) is 3.25. The van der Waals surface area contributed by atoms with Gasteiger partial charge in [-0.1, -0.05) is 0 Å². The number of amides is 1. The number of rotatable bonds is 5. The molecule has 0 spiro atoms. The number of nitrogens with zero attached hydrogens (tertiary/aromatic N) is 2. The highest BCUT2D eigenvalue weighted by atomic mass is 19.1. The fraction of sp³-hybridized carbons (Fsp3) is 0.100. The van der Waals surface area contributed by atoms with Crippen molar-refractivity contribution in [3.8, 4) is 0 Å². The molecule has 3 aromatic rings. The Morgan fingerprint density at radius 3 is 2.19 bits per heavy atom. The van der Waals surface area contributed by atoms with Gasteiger partial charge < -0.3 is 10.6 Å². The molecule has 0 radical (unpaired) electrons. The summed E-state index contributed by atoms with van der Waals surface area (Å²) < 4.78 is 13.0. The molecule has 27 heavy (non-hydrogen) atoms. The van der Waals surface area contributed by atoms with Gasteiger partial charge in [0.25, 0.3) is 5.91 Å². The number of ketones is 1. The molecule has 0 aliphatic carbocycles. The highest BCUT2D eigenvalue weighted by Gasteiger charge is 2.11. The van der Waals surface area contributed by atoms with Crippen LogP contribution in [0.25, 0.3) is 0 Å². The molecule has 7 heteroatoms. The number of aryl methyl sites for hydroxylation is 1. The fourth-order valence-corrected chi connectivity index (χ4v) is 2.39. The molecule has 0 aliphatic heterocycles. The highest BCUT2D eigenvalue weighted by Crippen LogP contribution is 2.16. The van der Waals surface area contributed by atoms with Gasteiger partial charge in [0.05, 0.1) is 0 Å². The van der Waals surface area contributed by atoms with Crippen molar-refractivity contribution in [2.24, 2.45) is 0 Å². The lowest BCUT2D eigenvalue weighted by Gasteiger charge is -2.09. The molecule has 2 aromatic carbocycles. The van der Waals surface area contributed by atoms with Crippen LogP contribution in [0.2, 0.25) is 0 Å². The molecule has 1 heterocycles. The van der Waals surface area contributed by atoms with E-state index >= 15 is 0 Å². The van der Waals surface area contributed by atoms with E-state index in [1.807, 2.05) is 0 Å². The first-order valence-corrected chi connectivity index (χ1v) is 8.21. The molecule has 0 saturated heterocycles. The van der Waals surface area contributed by atoms with Crippen molar-refractivity contribution in [2.75, 3.05) is 10.6 Å². The smallest absolute Gasteiger partial charge is 0.274 e. The van der Waals surface area contributed by atoms with Crippen LogP contribution < -0.4 is 10.6 Å². The SMILES string of the molecule is CC(=O)c1ccc(Nc2nc(C)cc(C(=O)Nc3ccc(F)cc3)n2)cc1. The summed E-state index contributed by atoms with van der Waals surface area (Å²) in [6.07, 6.45) is 0. The number of carbonyl (C=O) groups is 2. The Hall–Kier alpha value is -3.61. The van der Waals surface area contributed by atoms with E-state index in [1.165, 1.54) is 31.2 Å². The molecule has 1 aromatic heterocycles. The third kappa shape index (κ3) is 4.72. The monoisotopic (exact) mass is 364 g/mol. The third-order valence-electron chi connectivity index (χ3n) is 3.74. The van der Waals surface area contributed by atoms with Gasteiger partial charge in [0, 0.05) is 22.6 Å². The van der Waals surface area contributed by atoms with Crippen LogP contribution in [0.3, 0.4) is 0 Å². The summed E-state index contributed by atoms with van der Waals surface area (Å²) in [5.74, 6) is -0.571. The lowest BCUT2D eigenvalue weighted by Crippen LogP contribution is -2.15. The quantitative estimate of drug-likeness (QED) is 0.665. The number of halogens is 1. The zero-order valence-electron chi connectivity index (χ0n) is 14.8. The Bertz CT molecular complexity index is 986. The minimum Gasteiger partial charge on any atom is -0.324 e. The van der Waals surface area contributed by atoms with E-state index in [0.717, 1.165) is 0 Å². The van der Waals surface area contributed by atoms with Crippen molar-refractivity contribution in [3.63, 3.8) is 0 Å². The van der Waals surface area contributed by atoms with Crippen LogP contribution in [0.15, 0.2) is 54.6 Å². The van der Waals surface area contributed by atoms with Gasteiger partial charge in [-0.15, -0.1) is 0 Å². The minimum absolute atomic E-state index is 0.0203. The van der Waals surface area contributed by atoms with Crippen LogP contribution in [0.4, 0.5) is 21.7 Å². The van der Waals surface area contributed by atoms with Gasteiger partial charge in [0.1, 0.15) is 11.5 Å². The number of carbonyl (C=O) groups excluding carboxylic acids is 2. The summed E-state index contributed by atoms with van der Waals surface area (Å²) in [7, 11) is 0. The molecule has 0 fully saturated rings. The number of hydrogen-bond acceptors (Lipinski definition) is 5.